The number of pyridine rings is 1. The van der Waals surface area contributed by atoms with E-state index in [-0.39, 0.29) is 0 Å². The van der Waals surface area contributed by atoms with Crippen molar-refractivity contribution in [3.8, 4) is 0 Å². The van der Waals surface area contributed by atoms with Crippen LogP contribution >= 0.6 is 23.2 Å². The number of nitrogens with one attached hydrogen (secondary N) is 1. The Hall–Kier alpha value is -0.510. The molecule has 0 aromatic carbocycles. The third kappa shape index (κ3) is 3.74. The highest BCUT2D eigenvalue weighted by Gasteiger charge is 2.23. The Balaban J connectivity index is 2.08. The second-order valence-corrected chi connectivity index (χ2v) is 6.27. The number of halogens is 2. The number of aryl methyl sites for hydroxylation is 1. The van der Waals surface area contributed by atoms with Gasteiger partial charge in [0.2, 0.25) is 0 Å². The number of piperidine rings is 1. The average Bonchev–Trinajstić information content (AvgIpc) is 2.33. The van der Waals surface area contributed by atoms with Crippen molar-refractivity contribution in [2.45, 2.75) is 32.7 Å². The number of hydrogen-bond acceptors (Lipinski definition) is 3. The molecule has 0 amide bonds. The van der Waals surface area contributed by atoms with Crippen molar-refractivity contribution in [3.05, 3.63) is 21.9 Å². The van der Waals surface area contributed by atoms with Gasteiger partial charge in [-0.2, -0.15) is 0 Å². The lowest BCUT2D eigenvalue weighted by Gasteiger charge is -2.34. The summed E-state index contributed by atoms with van der Waals surface area (Å²) in [7, 11) is 2.18. The maximum Gasteiger partial charge on any atom is 0.154 e. The van der Waals surface area contributed by atoms with Crippen LogP contribution in [-0.2, 0) is 0 Å². The van der Waals surface area contributed by atoms with Gasteiger partial charge in [0.1, 0.15) is 5.15 Å². The van der Waals surface area contributed by atoms with Gasteiger partial charge in [0.25, 0.3) is 0 Å². The fourth-order valence-corrected chi connectivity index (χ4v) is 3.31. The Morgan fingerprint density at radius 2 is 2.21 bits per heavy atom. The standard InChI is InChI=1S/C14H21Cl2N3/c1-9-7-12(15)18-14(16)13(9)17-10(2)11-5-4-6-19(3)8-11/h7,10-11,17H,4-6,8H2,1-3H3. The van der Waals surface area contributed by atoms with Crippen LogP contribution in [0.25, 0.3) is 0 Å². The molecule has 5 heteroatoms. The smallest absolute Gasteiger partial charge is 0.154 e. The zero-order valence-electron chi connectivity index (χ0n) is 11.7. The van der Waals surface area contributed by atoms with Crippen LogP contribution in [0, 0.1) is 12.8 Å². The van der Waals surface area contributed by atoms with Crippen molar-refractivity contribution >= 4 is 28.9 Å². The Kier molecular flexibility index (Phi) is 4.93. The predicted molar refractivity (Wildman–Crippen MR) is 82.3 cm³/mol. The summed E-state index contributed by atoms with van der Waals surface area (Å²) in [6.45, 7) is 6.55. The van der Waals surface area contributed by atoms with Gasteiger partial charge in [-0.1, -0.05) is 23.2 Å². The molecule has 2 rings (SSSR count). The summed E-state index contributed by atoms with van der Waals surface area (Å²) < 4.78 is 0. The first-order chi connectivity index (χ1) is 8.97. The second kappa shape index (κ2) is 6.29. The van der Waals surface area contributed by atoms with Crippen molar-refractivity contribution in [3.63, 3.8) is 0 Å². The normalized spacial score (nSPS) is 22.3. The molecule has 1 aliphatic heterocycles. The Morgan fingerprint density at radius 3 is 2.84 bits per heavy atom. The van der Waals surface area contributed by atoms with Gasteiger partial charge in [0, 0.05) is 12.6 Å². The molecule has 0 bridgehead atoms. The molecular formula is C14H21Cl2N3. The van der Waals surface area contributed by atoms with Crippen molar-refractivity contribution in [2.24, 2.45) is 5.92 Å². The fourth-order valence-electron chi connectivity index (χ4n) is 2.73. The van der Waals surface area contributed by atoms with Crippen LogP contribution in [0.5, 0.6) is 0 Å². The molecule has 2 heterocycles. The molecule has 1 aliphatic rings. The highest BCUT2D eigenvalue weighted by molar-refractivity contribution is 6.34. The van der Waals surface area contributed by atoms with E-state index in [1.54, 1.807) is 0 Å². The molecule has 1 fully saturated rings. The summed E-state index contributed by atoms with van der Waals surface area (Å²) in [5.74, 6) is 0.643. The predicted octanol–water partition coefficient (Wildman–Crippen LogP) is 3.84. The Morgan fingerprint density at radius 1 is 1.47 bits per heavy atom. The minimum absolute atomic E-state index is 0.377. The number of hydrogen-bond donors (Lipinski definition) is 1. The molecule has 1 aromatic rings. The van der Waals surface area contributed by atoms with Crippen molar-refractivity contribution in [2.75, 3.05) is 25.5 Å². The topological polar surface area (TPSA) is 28.2 Å². The minimum atomic E-state index is 0.377. The fraction of sp³-hybridized carbons (Fsp3) is 0.643. The maximum absolute atomic E-state index is 6.18. The molecule has 1 aromatic heterocycles. The molecule has 3 nitrogen and oxygen atoms in total. The van der Waals surface area contributed by atoms with Crippen LogP contribution in [0.15, 0.2) is 6.07 Å². The molecule has 106 valence electrons. The first kappa shape index (κ1) is 14.9. The van der Waals surface area contributed by atoms with E-state index in [0.717, 1.165) is 17.8 Å². The highest BCUT2D eigenvalue weighted by atomic mass is 35.5. The van der Waals surface area contributed by atoms with Crippen molar-refractivity contribution in [1.82, 2.24) is 9.88 Å². The average molecular weight is 302 g/mol. The molecule has 0 spiro atoms. The lowest BCUT2D eigenvalue weighted by Crippen LogP contribution is -2.40. The molecule has 0 radical (unpaired) electrons. The van der Waals surface area contributed by atoms with E-state index in [2.05, 4.69) is 29.2 Å². The van der Waals surface area contributed by atoms with Crippen LogP contribution in [0.2, 0.25) is 10.3 Å². The van der Waals surface area contributed by atoms with Gasteiger partial charge in [0.05, 0.1) is 5.69 Å². The summed E-state index contributed by atoms with van der Waals surface area (Å²) in [6.07, 6.45) is 2.52. The molecule has 0 saturated carbocycles. The van der Waals surface area contributed by atoms with Crippen LogP contribution < -0.4 is 5.32 Å². The molecule has 1 saturated heterocycles. The quantitative estimate of drug-likeness (QED) is 0.860. The third-order valence-corrected chi connectivity index (χ3v) is 4.35. The Labute approximate surface area is 125 Å². The van der Waals surface area contributed by atoms with E-state index in [0.29, 0.717) is 22.3 Å². The number of rotatable bonds is 3. The zero-order valence-corrected chi connectivity index (χ0v) is 13.2. The first-order valence-electron chi connectivity index (χ1n) is 6.75. The lowest BCUT2D eigenvalue weighted by molar-refractivity contribution is 0.197. The van der Waals surface area contributed by atoms with Gasteiger partial charge >= 0.3 is 0 Å². The summed E-state index contributed by atoms with van der Waals surface area (Å²) in [4.78, 5) is 6.50. The van der Waals surface area contributed by atoms with Crippen LogP contribution in [-0.4, -0.2) is 36.1 Å². The van der Waals surface area contributed by atoms with E-state index in [9.17, 15) is 0 Å². The number of aromatic nitrogens is 1. The summed E-state index contributed by atoms with van der Waals surface area (Å²) >= 11 is 12.1. The molecule has 19 heavy (non-hydrogen) atoms. The van der Waals surface area contributed by atoms with Gasteiger partial charge in [-0.15, -0.1) is 0 Å². The van der Waals surface area contributed by atoms with Crippen LogP contribution in [0.4, 0.5) is 5.69 Å². The first-order valence-corrected chi connectivity index (χ1v) is 7.50. The number of nitrogens with zero attached hydrogens (tertiary/aromatic N) is 2. The van der Waals surface area contributed by atoms with Crippen LogP contribution in [0.3, 0.4) is 0 Å². The molecular weight excluding hydrogens is 281 g/mol. The maximum atomic E-state index is 6.18. The summed E-state index contributed by atoms with van der Waals surface area (Å²) in [6, 6.07) is 2.22. The van der Waals surface area contributed by atoms with Gasteiger partial charge in [-0.3, -0.25) is 0 Å². The summed E-state index contributed by atoms with van der Waals surface area (Å²) in [5.41, 5.74) is 1.95. The van der Waals surface area contributed by atoms with Gasteiger partial charge < -0.3 is 10.2 Å². The van der Waals surface area contributed by atoms with Crippen molar-refractivity contribution in [1.29, 1.82) is 0 Å². The SMILES string of the molecule is Cc1cc(Cl)nc(Cl)c1NC(C)C1CCCN(C)C1. The second-order valence-electron chi connectivity index (χ2n) is 5.53. The van der Waals surface area contributed by atoms with E-state index in [1.807, 2.05) is 13.0 Å². The van der Waals surface area contributed by atoms with E-state index >= 15 is 0 Å². The lowest BCUT2D eigenvalue weighted by atomic mass is 9.91. The van der Waals surface area contributed by atoms with E-state index in [4.69, 9.17) is 23.2 Å². The monoisotopic (exact) mass is 301 g/mol. The van der Waals surface area contributed by atoms with Gasteiger partial charge in [0.15, 0.2) is 5.15 Å². The molecule has 0 aliphatic carbocycles. The van der Waals surface area contributed by atoms with Gasteiger partial charge in [-0.25, -0.2) is 4.98 Å². The number of anilines is 1. The van der Waals surface area contributed by atoms with E-state index in [1.165, 1.54) is 19.4 Å². The zero-order chi connectivity index (χ0) is 14.0. The largest absolute Gasteiger partial charge is 0.380 e. The van der Waals surface area contributed by atoms with E-state index < -0.39 is 0 Å². The number of likely N-dealkylation sites (tertiary alicyclic amines) is 1. The minimum Gasteiger partial charge on any atom is -0.380 e. The van der Waals surface area contributed by atoms with Crippen LogP contribution in [0.1, 0.15) is 25.3 Å². The van der Waals surface area contributed by atoms with Crippen molar-refractivity contribution < 1.29 is 0 Å². The Bertz CT molecular complexity index is 427. The summed E-state index contributed by atoms with van der Waals surface area (Å²) in [5, 5.41) is 4.42. The highest BCUT2D eigenvalue weighted by Crippen LogP contribution is 2.29. The van der Waals surface area contributed by atoms with Gasteiger partial charge in [-0.05, 0) is 57.8 Å². The molecule has 2 atom stereocenters. The molecule has 2 unspecified atom stereocenters. The third-order valence-electron chi connectivity index (χ3n) is 3.88. The molecule has 1 N–H and O–H groups in total.